The molecule has 1 unspecified atom stereocenters. The minimum atomic E-state index is 0.0625. The molecule has 0 saturated heterocycles. The third-order valence-electron chi connectivity index (χ3n) is 2.61. The minimum Gasteiger partial charge on any atom is -0.271 e. The number of pyridine rings is 1. The number of hydrogen-bond acceptors (Lipinski definition) is 3. The summed E-state index contributed by atoms with van der Waals surface area (Å²) in [4.78, 5) is 4.44. The van der Waals surface area contributed by atoms with Crippen molar-refractivity contribution in [3.63, 3.8) is 0 Å². The summed E-state index contributed by atoms with van der Waals surface area (Å²) < 4.78 is 0. The summed E-state index contributed by atoms with van der Waals surface area (Å²) in [6.45, 7) is 8.61. The molecule has 0 bridgehead atoms. The molecule has 3 nitrogen and oxygen atoms in total. The second kappa shape index (κ2) is 4.73. The van der Waals surface area contributed by atoms with Gasteiger partial charge in [0.05, 0.1) is 11.7 Å². The van der Waals surface area contributed by atoms with Gasteiger partial charge in [-0.3, -0.25) is 16.3 Å². The molecule has 0 aliphatic heterocycles. The lowest BCUT2D eigenvalue weighted by molar-refractivity contribution is 0.269. The Kier molecular flexibility index (Phi) is 3.83. The van der Waals surface area contributed by atoms with Gasteiger partial charge in [-0.15, -0.1) is 0 Å². The zero-order valence-electron chi connectivity index (χ0n) is 10.0. The molecule has 1 aromatic rings. The standard InChI is InChI=1S/C12H21N3/c1-5-9-7-6-8-14-10(9)11(15-13)12(2,3)4/h6-8,11,15H,5,13H2,1-4H3. The molecule has 3 heteroatoms. The fraction of sp³-hybridized carbons (Fsp3) is 0.583. The van der Waals surface area contributed by atoms with Crippen LogP contribution in [-0.2, 0) is 6.42 Å². The number of hydrogen-bond donors (Lipinski definition) is 2. The van der Waals surface area contributed by atoms with E-state index in [0.717, 1.165) is 12.1 Å². The Morgan fingerprint density at radius 1 is 1.47 bits per heavy atom. The summed E-state index contributed by atoms with van der Waals surface area (Å²) in [6, 6.07) is 4.17. The van der Waals surface area contributed by atoms with E-state index in [2.05, 4.69) is 44.2 Å². The van der Waals surface area contributed by atoms with Gasteiger partial charge in [-0.25, -0.2) is 0 Å². The predicted octanol–water partition coefficient (Wildman–Crippen LogP) is 2.19. The van der Waals surface area contributed by atoms with Gasteiger partial charge in [-0.05, 0) is 23.5 Å². The van der Waals surface area contributed by atoms with Gasteiger partial charge in [0.2, 0.25) is 0 Å². The molecule has 1 rings (SSSR count). The molecule has 1 atom stereocenters. The maximum Gasteiger partial charge on any atom is 0.0683 e. The quantitative estimate of drug-likeness (QED) is 0.590. The molecule has 1 aromatic heterocycles. The maximum atomic E-state index is 5.62. The van der Waals surface area contributed by atoms with Crippen molar-refractivity contribution in [3.05, 3.63) is 29.6 Å². The van der Waals surface area contributed by atoms with E-state index in [1.807, 2.05) is 12.3 Å². The van der Waals surface area contributed by atoms with E-state index in [1.165, 1.54) is 5.56 Å². The highest BCUT2D eigenvalue weighted by atomic mass is 15.2. The largest absolute Gasteiger partial charge is 0.271 e. The van der Waals surface area contributed by atoms with Crippen LogP contribution < -0.4 is 11.3 Å². The SMILES string of the molecule is CCc1cccnc1C(NN)C(C)(C)C. The van der Waals surface area contributed by atoms with Crippen molar-refractivity contribution in [2.75, 3.05) is 0 Å². The molecule has 1 heterocycles. The molecule has 0 radical (unpaired) electrons. The minimum absolute atomic E-state index is 0.0625. The highest BCUT2D eigenvalue weighted by molar-refractivity contribution is 5.24. The highest BCUT2D eigenvalue weighted by Gasteiger charge is 2.27. The first-order chi connectivity index (χ1) is 7.00. The Morgan fingerprint density at radius 2 is 2.13 bits per heavy atom. The molecule has 0 aliphatic carbocycles. The van der Waals surface area contributed by atoms with E-state index in [0.29, 0.717) is 0 Å². The van der Waals surface area contributed by atoms with Crippen LogP contribution >= 0.6 is 0 Å². The van der Waals surface area contributed by atoms with E-state index in [9.17, 15) is 0 Å². The van der Waals surface area contributed by atoms with E-state index in [4.69, 9.17) is 5.84 Å². The first kappa shape index (κ1) is 12.1. The highest BCUT2D eigenvalue weighted by Crippen LogP contribution is 2.32. The van der Waals surface area contributed by atoms with Crippen molar-refractivity contribution >= 4 is 0 Å². The van der Waals surface area contributed by atoms with E-state index in [1.54, 1.807) is 0 Å². The van der Waals surface area contributed by atoms with Crippen molar-refractivity contribution in [3.8, 4) is 0 Å². The molecule has 0 fully saturated rings. The van der Waals surface area contributed by atoms with Gasteiger partial charge in [-0.1, -0.05) is 33.8 Å². The smallest absolute Gasteiger partial charge is 0.0683 e. The molecular weight excluding hydrogens is 186 g/mol. The molecule has 15 heavy (non-hydrogen) atoms. The summed E-state index contributed by atoms with van der Waals surface area (Å²) >= 11 is 0. The van der Waals surface area contributed by atoms with Crippen molar-refractivity contribution in [2.24, 2.45) is 11.3 Å². The van der Waals surface area contributed by atoms with Crippen LogP contribution in [0.3, 0.4) is 0 Å². The summed E-state index contributed by atoms with van der Waals surface area (Å²) in [5, 5.41) is 0. The average Bonchev–Trinajstić information content (AvgIpc) is 2.17. The molecule has 84 valence electrons. The number of rotatable bonds is 3. The van der Waals surface area contributed by atoms with E-state index in [-0.39, 0.29) is 11.5 Å². The lowest BCUT2D eigenvalue weighted by Gasteiger charge is -2.30. The van der Waals surface area contributed by atoms with Crippen LogP contribution in [0.15, 0.2) is 18.3 Å². The molecule has 0 spiro atoms. The zero-order valence-corrected chi connectivity index (χ0v) is 10.0. The Balaban J connectivity index is 3.12. The van der Waals surface area contributed by atoms with Crippen LogP contribution in [-0.4, -0.2) is 4.98 Å². The average molecular weight is 207 g/mol. The summed E-state index contributed by atoms with van der Waals surface area (Å²) in [7, 11) is 0. The third kappa shape index (κ3) is 2.76. The third-order valence-corrected chi connectivity index (χ3v) is 2.61. The number of aryl methyl sites for hydroxylation is 1. The second-order valence-corrected chi connectivity index (χ2v) is 4.87. The Bertz CT molecular complexity index is 315. The van der Waals surface area contributed by atoms with Gasteiger partial charge in [0.1, 0.15) is 0 Å². The fourth-order valence-corrected chi connectivity index (χ4v) is 1.75. The van der Waals surface area contributed by atoms with Crippen LogP contribution in [0.2, 0.25) is 0 Å². The lowest BCUT2D eigenvalue weighted by atomic mass is 9.83. The van der Waals surface area contributed by atoms with Gasteiger partial charge >= 0.3 is 0 Å². The fourth-order valence-electron chi connectivity index (χ4n) is 1.75. The maximum absolute atomic E-state index is 5.62. The Labute approximate surface area is 92.1 Å². The molecule has 0 aromatic carbocycles. The van der Waals surface area contributed by atoms with E-state index < -0.39 is 0 Å². The molecule has 0 aliphatic rings. The van der Waals surface area contributed by atoms with Crippen molar-refractivity contribution in [1.82, 2.24) is 10.4 Å². The van der Waals surface area contributed by atoms with E-state index >= 15 is 0 Å². The van der Waals surface area contributed by atoms with Crippen molar-refractivity contribution < 1.29 is 0 Å². The number of nitrogens with zero attached hydrogens (tertiary/aromatic N) is 1. The van der Waals surface area contributed by atoms with Crippen molar-refractivity contribution in [1.29, 1.82) is 0 Å². The number of nitrogens with one attached hydrogen (secondary N) is 1. The molecule has 3 N–H and O–H groups in total. The zero-order chi connectivity index (χ0) is 11.5. The van der Waals surface area contributed by atoms with Crippen LogP contribution in [0.5, 0.6) is 0 Å². The number of aromatic nitrogens is 1. The monoisotopic (exact) mass is 207 g/mol. The van der Waals surface area contributed by atoms with Gasteiger partial charge in [0.15, 0.2) is 0 Å². The Hall–Kier alpha value is -0.930. The topological polar surface area (TPSA) is 50.9 Å². The van der Waals surface area contributed by atoms with Crippen LogP contribution in [0.4, 0.5) is 0 Å². The number of hydrazine groups is 1. The summed E-state index contributed by atoms with van der Waals surface area (Å²) in [5.74, 6) is 5.62. The molecule has 0 amide bonds. The lowest BCUT2D eigenvalue weighted by Crippen LogP contribution is -2.38. The molecular formula is C12H21N3. The van der Waals surface area contributed by atoms with Gasteiger partial charge in [-0.2, -0.15) is 0 Å². The first-order valence-corrected chi connectivity index (χ1v) is 5.40. The predicted molar refractivity (Wildman–Crippen MR) is 63.1 cm³/mol. The summed E-state index contributed by atoms with van der Waals surface area (Å²) in [5.41, 5.74) is 5.26. The number of nitrogens with two attached hydrogens (primary N) is 1. The van der Waals surface area contributed by atoms with Crippen LogP contribution in [0.25, 0.3) is 0 Å². The summed E-state index contributed by atoms with van der Waals surface area (Å²) in [6.07, 6.45) is 2.81. The normalized spacial score (nSPS) is 13.9. The molecule has 0 saturated carbocycles. The first-order valence-electron chi connectivity index (χ1n) is 5.40. The Morgan fingerprint density at radius 3 is 2.60 bits per heavy atom. The van der Waals surface area contributed by atoms with Crippen LogP contribution in [0, 0.1) is 5.41 Å². The van der Waals surface area contributed by atoms with Gasteiger partial charge in [0, 0.05) is 6.20 Å². The van der Waals surface area contributed by atoms with Crippen LogP contribution in [0.1, 0.15) is 45.0 Å². The van der Waals surface area contributed by atoms with Crippen molar-refractivity contribution in [2.45, 2.75) is 40.2 Å². The second-order valence-electron chi connectivity index (χ2n) is 4.87. The van der Waals surface area contributed by atoms with Gasteiger partial charge in [0.25, 0.3) is 0 Å². The van der Waals surface area contributed by atoms with Gasteiger partial charge < -0.3 is 0 Å².